The van der Waals surface area contributed by atoms with Crippen LogP contribution in [0.5, 0.6) is 17.2 Å². The number of rotatable bonds is 3. The second-order valence-corrected chi connectivity index (χ2v) is 7.42. The third-order valence-electron chi connectivity index (χ3n) is 4.17. The van der Waals surface area contributed by atoms with Gasteiger partial charge in [0.15, 0.2) is 11.5 Å². The summed E-state index contributed by atoms with van der Waals surface area (Å²) in [4.78, 5) is 13.9. The molecule has 1 aliphatic heterocycles. The molecule has 1 amide bonds. The highest BCUT2D eigenvalue weighted by molar-refractivity contribution is 5.68. The minimum Gasteiger partial charge on any atom is -0.504 e. The van der Waals surface area contributed by atoms with E-state index in [2.05, 4.69) is 5.32 Å². The van der Waals surface area contributed by atoms with E-state index in [0.717, 1.165) is 19.3 Å². The Labute approximate surface area is 148 Å². The minimum absolute atomic E-state index is 0.197. The highest BCUT2D eigenvalue weighted by Gasteiger charge is 2.25. The van der Waals surface area contributed by atoms with Crippen LogP contribution >= 0.6 is 0 Å². The van der Waals surface area contributed by atoms with Gasteiger partial charge in [0, 0.05) is 31.2 Å². The molecular weight excluding hydrogens is 324 g/mol. The predicted octanol–water partition coefficient (Wildman–Crippen LogP) is 2.68. The lowest BCUT2D eigenvalue weighted by atomic mass is 10.1. The first-order chi connectivity index (χ1) is 11.7. The molecule has 1 atom stereocenters. The Morgan fingerprint density at radius 3 is 2.60 bits per heavy atom. The summed E-state index contributed by atoms with van der Waals surface area (Å²) in [5.41, 5.74) is 0.0166. The average molecular weight is 352 g/mol. The van der Waals surface area contributed by atoms with Gasteiger partial charge in [0.05, 0.1) is 0 Å². The van der Waals surface area contributed by atoms with E-state index in [-0.39, 0.29) is 23.6 Å². The number of nitrogens with zero attached hydrogens (tertiary/aromatic N) is 1. The molecule has 0 bridgehead atoms. The Morgan fingerprint density at radius 1 is 1.20 bits per heavy atom. The van der Waals surface area contributed by atoms with Crippen LogP contribution in [0.4, 0.5) is 4.79 Å². The molecule has 2 rings (SSSR count). The molecule has 0 spiro atoms. The molecule has 7 heteroatoms. The number of aromatic hydroxyl groups is 3. The van der Waals surface area contributed by atoms with Crippen LogP contribution in [0.3, 0.4) is 0 Å². The summed E-state index contributed by atoms with van der Waals surface area (Å²) < 4.78 is 5.42. The highest BCUT2D eigenvalue weighted by atomic mass is 16.6. The first-order valence-corrected chi connectivity index (χ1v) is 8.61. The number of likely N-dealkylation sites (tertiary alicyclic amines) is 1. The minimum atomic E-state index is -0.503. The number of hydrogen-bond donors (Lipinski definition) is 4. The van der Waals surface area contributed by atoms with Crippen LogP contribution in [0, 0.1) is 0 Å². The number of nitrogens with one attached hydrogen (secondary N) is 1. The van der Waals surface area contributed by atoms with Gasteiger partial charge in [0.1, 0.15) is 5.60 Å². The number of ether oxygens (including phenoxy) is 1. The maximum absolute atomic E-state index is 12.2. The van der Waals surface area contributed by atoms with Crippen LogP contribution in [0.1, 0.15) is 45.6 Å². The van der Waals surface area contributed by atoms with E-state index in [4.69, 9.17) is 4.74 Å². The molecule has 1 unspecified atom stereocenters. The zero-order chi connectivity index (χ0) is 18.6. The first-order valence-electron chi connectivity index (χ1n) is 8.61. The van der Waals surface area contributed by atoms with Gasteiger partial charge in [-0.3, -0.25) is 0 Å². The molecule has 0 aliphatic carbocycles. The maximum Gasteiger partial charge on any atom is 0.410 e. The van der Waals surface area contributed by atoms with Gasteiger partial charge in [-0.05, 0) is 46.1 Å². The number of hydrogen-bond acceptors (Lipinski definition) is 6. The lowest BCUT2D eigenvalue weighted by molar-refractivity contribution is 0.0256. The summed E-state index contributed by atoms with van der Waals surface area (Å²) in [6.07, 6.45) is 2.27. The van der Waals surface area contributed by atoms with Gasteiger partial charge in [-0.25, -0.2) is 4.79 Å². The van der Waals surface area contributed by atoms with E-state index in [1.54, 1.807) is 11.0 Å². The fourth-order valence-corrected chi connectivity index (χ4v) is 2.82. The fourth-order valence-electron chi connectivity index (χ4n) is 2.82. The van der Waals surface area contributed by atoms with Crippen LogP contribution in [-0.2, 0) is 11.3 Å². The first kappa shape index (κ1) is 19.2. The molecule has 0 radical (unpaired) electrons. The van der Waals surface area contributed by atoms with E-state index in [0.29, 0.717) is 25.2 Å². The third kappa shape index (κ3) is 5.42. The Kier molecular flexibility index (Phi) is 6.00. The molecule has 4 N–H and O–H groups in total. The second-order valence-electron chi connectivity index (χ2n) is 7.42. The molecule has 7 nitrogen and oxygen atoms in total. The van der Waals surface area contributed by atoms with Crippen LogP contribution in [0.25, 0.3) is 0 Å². The average Bonchev–Trinajstić information content (AvgIpc) is 2.76. The monoisotopic (exact) mass is 352 g/mol. The number of phenolic OH excluding ortho intramolecular Hbond substituents is 3. The summed E-state index contributed by atoms with van der Waals surface area (Å²) in [6, 6.07) is 3.12. The van der Waals surface area contributed by atoms with E-state index in [1.165, 1.54) is 6.07 Å². The summed E-state index contributed by atoms with van der Waals surface area (Å²) in [5.74, 6) is -1.16. The van der Waals surface area contributed by atoms with Gasteiger partial charge in [0.2, 0.25) is 5.75 Å². The molecule has 1 aromatic carbocycles. The Morgan fingerprint density at radius 2 is 1.92 bits per heavy atom. The zero-order valence-corrected chi connectivity index (χ0v) is 15.1. The van der Waals surface area contributed by atoms with Gasteiger partial charge in [-0.15, -0.1) is 0 Å². The molecule has 1 aliphatic rings. The molecule has 1 heterocycles. The highest BCUT2D eigenvalue weighted by Crippen LogP contribution is 2.37. The summed E-state index contributed by atoms with van der Waals surface area (Å²) in [5, 5.41) is 32.1. The van der Waals surface area contributed by atoms with Gasteiger partial charge >= 0.3 is 6.09 Å². The molecule has 1 aromatic rings. The SMILES string of the molecule is CC(C)(C)OC(=O)N1CCCC(NCc2ccc(O)c(O)c2O)CC1. The Balaban J connectivity index is 1.87. The standard InChI is InChI=1S/C18H28N2O5/c1-18(2,3)25-17(24)20-9-4-5-13(8-10-20)19-11-12-6-7-14(21)16(23)15(12)22/h6-7,13,19,21-23H,4-5,8-11H2,1-3H3. The number of benzene rings is 1. The van der Waals surface area contributed by atoms with Crippen molar-refractivity contribution in [3.05, 3.63) is 17.7 Å². The van der Waals surface area contributed by atoms with E-state index in [1.807, 2.05) is 20.8 Å². The number of carbonyl (C=O) groups is 1. The van der Waals surface area contributed by atoms with Crippen molar-refractivity contribution in [3.63, 3.8) is 0 Å². The molecule has 25 heavy (non-hydrogen) atoms. The zero-order valence-electron chi connectivity index (χ0n) is 15.1. The largest absolute Gasteiger partial charge is 0.504 e. The van der Waals surface area contributed by atoms with Gasteiger partial charge in [-0.1, -0.05) is 6.07 Å². The lowest BCUT2D eigenvalue weighted by Crippen LogP contribution is -2.38. The Hall–Kier alpha value is -2.15. The van der Waals surface area contributed by atoms with Crippen LogP contribution in [-0.4, -0.2) is 51.0 Å². The predicted molar refractivity (Wildman–Crippen MR) is 93.7 cm³/mol. The molecular formula is C18H28N2O5. The fraction of sp³-hybridized carbons (Fsp3) is 0.611. The normalized spacial score (nSPS) is 18.7. The molecule has 140 valence electrons. The van der Waals surface area contributed by atoms with Crippen molar-refractivity contribution >= 4 is 6.09 Å². The van der Waals surface area contributed by atoms with Crippen molar-refractivity contribution in [1.29, 1.82) is 0 Å². The summed E-state index contributed by atoms with van der Waals surface area (Å²) in [7, 11) is 0. The molecule has 1 fully saturated rings. The topological polar surface area (TPSA) is 102 Å². The number of carbonyl (C=O) groups excluding carboxylic acids is 1. The van der Waals surface area contributed by atoms with E-state index >= 15 is 0 Å². The van der Waals surface area contributed by atoms with Gasteiger partial charge in [-0.2, -0.15) is 0 Å². The smallest absolute Gasteiger partial charge is 0.410 e. The number of phenols is 3. The number of amides is 1. The van der Waals surface area contributed by atoms with Crippen molar-refractivity contribution in [1.82, 2.24) is 10.2 Å². The van der Waals surface area contributed by atoms with Crippen LogP contribution < -0.4 is 5.32 Å². The Bertz CT molecular complexity index is 612. The molecule has 0 saturated carbocycles. The van der Waals surface area contributed by atoms with E-state index in [9.17, 15) is 20.1 Å². The van der Waals surface area contributed by atoms with Crippen LogP contribution in [0.15, 0.2) is 12.1 Å². The van der Waals surface area contributed by atoms with Crippen molar-refractivity contribution in [2.75, 3.05) is 13.1 Å². The van der Waals surface area contributed by atoms with Gasteiger partial charge < -0.3 is 30.3 Å². The van der Waals surface area contributed by atoms with Crippen molar-refractivity contribution < 1.29 is 24.9 Å². The molecule has 0 aromatic heterocycles. The van der Waals surface area contributed by atoms with E-state index < -0.39 is 11.4 Å². The second kappa shape index (κ2) is 7.82. The maximum atomic E-state index is 12.2. The lowest BCUT2D eigenvalue weighted by Gasteiger charge is -2.26. The van der Waals surface area contributed by atoms with Gasteiger partial charge in [0.25, 0.3) is 0 Å². The third-order valence-corrected chi connectivity index (χ3v) is 4.17. The van der Waals surface area contributed by atoms with Crippen LogP contribution in [0.2, 0.25) is 0 Å². The van der Waals surface area contributed by atoms with Crippen molar-refractivity contribution in [2.45, 2.75) is 58.2 Å². The van der Waals surface area contributed by atoms with Crippen molar-refractivity contribution in [2.24, 2.45) is 0 Å². The summed E-state index contributed by atoms with van der Waals surface area (Å²) in [6.45, 7) is 7.21. The van der Waals surface area contributed by atoms with Crippen molar-refractivity contribution in [3.8, 4) is 17.2 Å². The molecule has 1 saturated heterocycles. The summed E-state index contributed by atoms with van der Waals surface area (Å²) >= 11 is 0. The quantitative estimate of drug-likeness (QED) is 0.624.